The molecule has 0 aliphatic rings. The van der Waals surface area contributed by atoms with Crippen molar-refractivity contribution < 1.29 is 18.1 Å². The van der Waals surface area contributed by atoms with E-state index in [1.54, 1.807) is 56.3 Å². The molecule has 0 bridgehead atoms. The molecule has 3 aromatic rings. The third-order valence-electron chi connectivity index (χ3n) is 5.53. The molecule has 0 aromatic heterocycles. The van der Waals surface area contributed by atoms with E-state index in [1.807, 2.05) is 13.0 Å². The lowest BCUT2D eigenvalue weighted by atomic mass is 10.1. The Hall–Kier alpha value is -3.56. The zero-order valence-corrected chi connectivity index (χ0v) is 20.3. The highest BCUT2D eigenvalue weighted by Gasteiger charge is 2.29. The number of nitro groups is 1. The molecule has 3 rings (SSSR count). The zero-order chi connectivity index (χ0) is 25.0. The number of carbonyl (C=O) groups excluding carboxylic acids is 1. The molecule has 34 heavy (non-hydrogen) atoms. The van der Waals surface area contributed by atoms with E-state index in [4.69, 9.17) is 0 Å². The van der Waals surface area contributed by atoms with E-state index in [9.17, 15) is 23.3 Å². The normalized spacial score (nSPS) is 12.2. The maximum atomic E-state index is 13.4. The average Bonchev–Trinajstić information content (AvgIpc) is 2.74. The van der Waals surface area contributed by atoms with Gasteiger partial charge < -0.3 is 5.32 Å². The predicted molar refractivity (Wildman–Crippen MR) is 131 cm³/mol. The number of nitrogens with zero attached hydrogens (tertiary/aromatic N) is 1. The molecule has 8 nitrogen and oxygen atoms in total. The van der Waals surface area contributed by atoms with Gasteiger partial charge in [-0.2, -0.15) is 4.72 Å². The van der Waals surface area contributed by atoms with Crippen LogP contribution in [0, 0.1) is 37.8 Å². The third kappa shape index (κ3) is 5.67. The van der Waals surface area contributed by atoms with Crippen molar-refractivity contribution >= 4 is 27.3 Å². The summed E-state index contributed by atoms with van der Waals surface area (Å²) in [5.74, 6) is -0.613. The Balaban J connectivity index is 1.97. The van der Waals surface area contributed by atoms with Gasteiger partial charge >= 0.3 is 0 Å². The summed E-state index contributed by atoms with van der Waals surface area (Å²) in [4.78, 5) is 24.1. The number of sulfonamides is 1. The smallest absolute Gasteiger partial charge is 0.274 e. The number of amides is 1. The highest BCUT2D eigenvalue weighted by molar-refractivity contribution is 7.89. The molecule has 1 atom stereocenters. The molecule has 9 heteroatoms. The fraction of sp³-hybridized carbons (Fsp3) is 0.240. The average molecular weight is 482 g/mol. The molecular weight excluding hydrogens is 454 g/mol. The largest absolute Gasteiger partial charge is 0.324 e. The molecule has 1 amide bonds. The molecule has 0 spiro atoms. The second kappa shape index (κ2) is 10.1. The van der Waals surface area contributed by atoms with Gasteiger partial charge in [0.15, 0.2) is 0 Å². The molecule has 0 saturated heterocycles. The maximum Gasteiger partial charge on any atom is 0.274 e. The number of nitro benzene ring substituents is 1. The summed E-state index contributed by atoms with van der Waals surface area (Å²) in [7, 11) is -4.05. The minimum atomic E-state index is -4.05. The molecule has 0 saturated carbocycles. The topological polar surface area (TPSA) is 118 Å². The lowest BCUT2D eigenvalue weighted by Crippen LogP contribution is -2.45. The second-order valence-corrected chi connectivity index (χ2v) is 9.94. The van der Waals surface area contributed by atoms with Crippen molar-refractivity contribution in [3.8, 4) is 0 Å². The van der Waals surface area contributed by atoms with Gasteiger partial charge in [0.25, 0.3) is 5.69 Å². The van der Waals surface area contributed by atoms with E-state index in [0.29, 0.717) is 11.1 Å². The van der Waals surface area contributed by atoms with Crippen LogP contribution in [-0.4, -0.2) is 25.3 Å². The van der Waals surface area contributed by atoms with Crippen LogP contribution >= 0.6 is 0 Å². The molecule has 0 unspecified atom stereocenters. The van der Waals surface area contributed by atoms with Crippen molar-refractivity contribution in [2.75, 3.05) is 5.32 Å². The molecule has 2 N–H and O–H groups in total. The number of aryl methyl sites for hydroxylation is 3. The van der Waals surface area contributed by atoms with Crippen molar-refractivity contribution in [3.05, 3.63) is 98.6 Å². The Morgan fingerprint density at radius 3 is 2.18 bits per heavy atom. The number of benzene rings is 3. The molecular formula is C25H27N3O5S. The summed E-state index contributed by atoms with van der Waals surface area (Å²) in [6.07, 6.45) is 0.101. The van der Waals surface area contributed by atoms with Gasteiger partial charge in [-0.25, -0.2) is 8.42 Å². The lowest BCUT2D eigenvalue weighted by molar-refractivity contribution is -0.385. The third-order valence-corrected chi connectivity index (χ3v) is 7.31. The van der Waals surface area contributed by atoms with Gasteiger partial charge in [-0.15, -0.1) is 0 Å². The Morgan fingerprint density at radius 1 is 0.971 bits per heavy atom. The van der Waals surface area contributed by atoms with Crippen LogP contribution in [0.5, 0.6) is 0 Å². The Bertz CT molecular complexity index is 1310. The summed E-state index contributed by atoms with van der Waals surface area (Å²) in [5.41, 5.74) is 3.26. The molecule has 0 radical (unpaired) electrons. The standard InChI is InChI=1S/C25H27N3O5S/c1-16-13-17(2)24(18(3)14-16)34(32,33)27-22(15-20-9-6-5-7-10-20)25(29)26-21-11-8-12-23(19(21)4)28(30)31/h5-14,22,27H,15H2,1-4H3,(H,26,29)/t22-/m1/s1. The molecule has 0 fully saturated rings. The van der Waals surface area contributed by atoms with Crippen molar-refractivity contribution in [2.24, 2.45) is 0 Å². The number of nitrogens with one attached hydrogen (secondary N) is 2. The van der Waals surface area contributed by atoms with E-state index in [1.165, 1.54) is 19.1 Å². The van der Waals surface area contributed by atoms with E-state index < -0.39 is 26.9 Å². The van der Waals surface area contributed by atoms with Gasteiger partial charge in [-0.3, -0.25) is 14.9 Å². The molecule has 0 aliphatic carbocycles. The van der Waals surface area contributed by atoms with Gasteiger partial charge in [0.05, 0.1) is 21.1 Å². The first-order valence-corrected chi connectivity index (χ1v) is 12.2. The number of rotatable bonds is 8. The first-order chi connectivity index (χ1) is 16.0. The Kier molecular flexibility index (Phi) is 7.48. The van der Waals surface area contributed by atoms with Crippen molar-refractivity contribution in [1.82, 2.24) is 4.72 Å². The van der Waals surface area contributed by atoms with Crippen LogP contribution in [0.25, 0.3) is 0 Å². The van der Waals surface area contributed by atoms with Crippen LogP contribution < -0.4 is 10.0 Å². The van der Waals surface area contributed by atoms with Crippen molar-refractivity contribution in [3.63, 3.8) is 0 Å². The fourth-order valence-electron chi connectivity index (χ4n) is 4.05. The molecule has 178 valence electrons. The van der Waals surface area contributed by atoms with Crippen LogP contribution in [0.2, 0.25) is 0 Å². The monoisotopic (exact) mass is 481 g/mol. The number of carbonyl (C=O) groups is 1. The molecule has 3 aromatic carbocycles. The van der Waals surface area contributed by atoms with E-state index >= 15 is 0 Å². The summed E-state index contributed by atoms with van der Waals surface area (Å²) in [5, 5.41) is 13.9. The van der Waals surface area contributed by atoms with Gasteiger partial charge in [0.2, 0.25) is 15.9 Å². The van der Waals surface area contributed by atoms with Crippen LogP contribution in [0.3, 0.4) is 0 Å². The van der Waals surface area contributed by atoms with E-state index in [2.05, 4.69) is 10.0 Å². The minimum absolute atomic E-state index is 0.101. The van der Waals surface area contributed by atoms with Crippen LogP contribution in [0.15, 0.2) is 65.6 Å². The Labute approximate surface area is 199 Å². The second-order valence-electron chi connectivity index (χ2n) is 8.29. The SMILES string of the molecule is Cc1cc(C)c(S(=O)(=O)N[C@H](Cc2ccccc2)C(=O)Nc2cccc([N+](=O)[O-])c2C)c(C)c1. The number of hydrogen-bond donors (Lipinski definition) is 2. The minimum Gasteiger partial charge on any atom is -0.324 e. The highest BCUT2D eigenvalue weighted by atomic mass is 32.2. The summed E-state index contributed by atoms with van der Waals surface area (Å²) in [6, 6.07) is 15.8. The number of anilines is 1. The van der Waals surface area contributed by atoms with Crippen molar-refractivity contribution in [1.29, 1.82) is 0 Å². The van der Waals surface area contributed by atoms with Crippen LogP contribution in [-0.2, 0) is 21.2 Å². The predicted octanol–water partition coefficient (Wildman–Crippen LogP) is 4.36. The first kappa shape index (κ1) is 25.1. The van der Waals surface area contributed by atoms with Gasteiger partial charge in [-0.1, -0.05) is 54.1 Å². The van der Waals surface area contributed by atoms with Crippen LogP contribution in [0.4, 0.5) is 11.4 Å². The summed E-state index contributed by atoms with van der Waals surface area (Å²) >= 11 is 0. The van der Waals surface area contributed by atoms with Gasteiger partial charge in [0.1, 0.15) is 6.04 Å². The fourth-order valence-corrected chi connectivity index (χ4v) is 5.70. The van der Waals surface area contributed by atoms with Gasteiger partial charge in [0, 0.05) is 6.07 Å². The molecule has 0 heterocycles. The molecule has 0 aliphatic heterocycles. The van der Waals surface area contributed by atoms with E-state index in [0.717, 1.165) is 11.1 Å². The first-order valence-electron chi connectivity index (χ1n) is 10.7. The lowest BCUT2D eigenvalue weighted by Gasteiger charge is -2.21. The summed E-state index contributed by atoms with van der Waals surface area (Å²) in [6.45, 7) is 6.85. The quantitative estimate of drug-likeness (QED) is 0.366. The zero-order valence-electron chi connectivity index (χ0n) is 19.5. The van der Waals surface area contributed by atoms with Crippen LogP contribution in [0.1, 0.15) is 27.8 Å². The van der Waals surface area contributed by atoms with Crippen molar-refractivity contribution in [2.45, 2.75) is 45.1 Å². The highest BCUT2D eigenvalue weighted by Crippen LogP contribution is 2.26. The Morgan fingerprint density at radius 2 is 1.59 bits per heavy atom. The summed E-state index contributed by atoms with van der Waals surface area (Å²) < 4.78 is 29.3. The van der Waals surface area contributed by atoms with Gasteiger partial charge in [-0.05, 0) is 56.9 Å². The maximum absolute atomic E-state index is 13.4. The number of hydrogen-bond acceptors (Lipinski definition) is 5. The van der Waals surface area contributed by atoms with E-state index in [-0.39, 0.29) is 28.3 Å².